The molecule has 1 aliphatic rings. The summed E-state index contributed by atoms with van der Waals surface area (Å²) in [5, 5.41) is 23.8. The van der Waals surface area contributed by atoms with Crippen LogP contribution in [0.2, 0.25) is 0 Å². The summed E-state index contributed by atoms with van der Waals surface area (Å²) in [6.07, 6.45) is 0. The lowest BCUT2D eigenvalue weighted by Gasteiger charge is -2.37. The molecule has 0 aromatic heterocycles. The molecule has 0 aliphatic carbocycles. The Morgan fingerprint density at radius 3 is 2.48 bits per heavy atom. The highest BCUT2D eigenvalue weighted by Gasteiger charge is 2.21. The van der Waals surface area contributed by atoms with E-state index in [4.69, 9.17) is 0 Å². The molecule has 0 spiro atoms. The number of piperazine rings is 1. The van der Waals surface area contributed by atoms with Gasteiger partial charge < -0.3 is 15.3 Å². The van der Waals surface area contributed by atoms with E-state index < -0.39 is 4.92 Å². The summed E-state index contributed by atoms with van der Waals surface area (Å²) in [5.74, 6) is 0. The van der Waals surface area contributed by atoms with Crippen molar-refractivity contribution in [2.75, 3.05) is 42.9 Å². The zero-order chi connectivity index (χ0) is 19.2. The molecule has 27 heavy (non-hydrogen) atoms. The minimum Gasteiger partial charge on any atom is -0.392 e. The highest BCUT2D eigenvalue weighted by Crippen LogP contribution is 2.26. The molecule has 3 rings (SSSR count). The second-order valence-corrected chi connectivity index (χ2v) is 6.94. The molecule has 0 amide bonds. The fourth-order valence-electron chi connectivity index (χ4n) is 3.48. The third kappa shape index (κ3) is 4.96. The molecule has 1 aliphatic heterocycles. The number of hydrogen-bond donors (Lipinski definition) is 2. The van der Waals surface area contributed by atoms with Crippen molar-refractivity contribution in [3.8, 4) is 0 Å². The SMILES string of the molecule is CC(CN1CCN(c2ccccc2)CC1)Nc1cc(CO)ccc1[N+](=O)[O-]. The van der Waals surface area contributed by atoms with Crippen LogP contribution >= 0.6 is 0 Å². The Labute approximate surface area is 159 Å². The van der Waals surface area contributed by atoms with Gasteiger partial charge in [0, 0.05) is 50.5 Å². The van der Waals surface area contributed by atoms with Crippen LogP contribution in [-0.4, -0.2) is 53.7 Å². The molecule has 1 fully saturated rings. The number of benzene rings is 2. The van der Waals surface area contributed by atoms with E-state index >= 15 is 0 Å². The van der Waals surface area contributed by atoms with Crippen molar-refractivity contribution in [3.05, 3.63) is 64.2 Å². The highest BCUT2D eigenvalue weighted by molar-refractivity contribution is 5.63. The van der Waals surface area contributed by atoms with Crippen molar-refractivity contribution in [2.24, 2.45) is 0 Å². The molecule has 1 atom stereocenters. The maximum absolute atomic E-state index is 11.3. The van der Waals surface area contributed by atoms with Crippen molar-refractivity contribution in [2.45, 2.75) is 19.6 Å². The third-order valence-corrected chi connectivity index (χ3v) is 4.87. The van der Waals surface area contributed by atoms with Gasteiger partial charge in [-0.15, -0.1) is 0 Å². The molecule has 2 N–H and O–H groups in total. The van der Waals surface area contributed by atoms with E-state index in [0.29, 0.717) is 11.3 Å². The molecule has 7 nitrogen and oxygen atoms in total. The Morgan fingerprint density at radius 2 is 1.85 bits per heavy atom. The van der Waals surface area contributed by atoms with Gasteiger partial charge in [-0.05, 0) is 36.8 Å². The minimum atomic E-state index is -0.394. The predicted molar refractivity (Wildman–Crippen MR) is 107 cm³/mol. The first-order valence-electron chi connectivity index (χ1n) is 9.24. The Balaban J connectivity index is 1.56. The van der Waals surface area contributed by atoms with Crippen molar-refractivity contribution in [3.63, 3.8) is 0 Å². The minimum absolute atomic E-state index is 0.0351. The third-order valence-electron chi connectivity index (χ3n) is 4.87. The smallest absolute Gasteiger partial charge is 0.292 e. The lowest BCUT2D eigenvalue weighted by molar-refractivity contribution is -0.384. The van der Waals surface area contributed by atoms with Crippen LogP contribution in [0.4, 0.5) is 17.1 Å². The van der Waals surface area contributed by atoms with E-state index in [1.54, 1.807) is 12.1 Å². The molecule has 0 bridgehead atoms. The van der Waals surface area contributed by atoms with E-state index in [9.17, 15) is 15.2 Å². The van der Waals surface area contributed by atoms with Crippen molar-refractivity contribution in [1.82, 2.24) is 4.90 Å². The molecule has 1 unspecified atom stereocenters. The number of hydrogen-bond acceptors (Lipinski definition) is 6. The fraction of sp³-hybridized carbons (Fsp3) is 0.400. The lowest BCUT2D eigenvalue weighted by atomic mass is 10.1. The molecule has 1 saturated heterocycles. The van der Waals surface area contributed by atoms with Gasteiger partial charge in [0.25, 0.3) is 5.69 Å². The van der Waals surface area contributed by atoms with Gasteiger partial charge in [-0.3, -0.25) is 15.0 Å². The van der Waals surface area contributed by atoms with Crippen molar-refractivity contribution in [1.29, 1.82) is 0 Å². The fourth-order valence-corrected chi connectivity index (χ4v) is 3.48. The van der Waals surface area contributed by atoms with Gasteiger partial charge in [-0.1, -0.05) is 18.2 Å². The van der Waals surface area contributed by atoms with Gasteiger partial charge in [-0.25, -0.2) is 0 Å². The molecule has 0 saturated carbocycles. The summed E-state index contributed by atoms with van der Waals surface area (Å²) in [7, 11) is 0. The van der Waals surface area contributed by atoms with Crippen LogP contribution in [0.3, 0.4) is 0 Å². The number of para-hydroxylation sites is 1. The highest BCUT2D eigenvalue weighted by atomic mass is 16.6. The summed E-state index contributed by atoms with van der Waals surface area (Å²) in [4.78, 5) is 15.6. The molecule has 1 heterocycles. The van der Waals surface area contributed by atoms with Gasteiger partial charge >= 0.3 is 0 Å². The van der Waals surface area contributed by atoms with Gasteiger partial charge in [0.1, 0.15) is 5.69 Å². The summed E-state index contributed by atoms with van der Waals surface area (Å²) in [6.45, 7) is 6.55. The van der Waals surface area contributed by atoms with Crippen molar-refractivity contribution >= 4 is 17.1 Å². The lowest BCUT2D eigenvalue weighted by Crippen LogP contribution is -2.49. The average molecular weight is 370 g/mol. The van der Waals surface area contributed by atoms with E-state index in [0.717, 1.165) is 32.7 Å². The molecule has 144 valence electrons. The summed E-state index contributed by atoms with van der Waals surface area (Å²) in [5.41, 5.74) is 2.40. The zero-order valence-corrected chi connectivity index (χ0v) is 15.5. The van der Waals surface area contributed by atoms with Crippen LogP contribution in [-0.2, 0) is 6.61 Å². The first kappa shape index (κ1) is 19.1. The molecule has 0 radical (unpaired) electrons. The number of nitrogens with one attached hydrogen (secondary N) is 1. The van der Waals surface area contributed by atoms with Gasteiger partial charge in [-0.2, -0.15) is 0 Å². The number of nitro benzene ring substituents is 1. The molecule has 7 heteroatoms. The number of nitro groups is 1. The summed E-state index contributed by atoms with van der Waals surface area (Å²) >= 11 is 0. The van der Waals surface area contributed by atoms with E-state index in [-0.39, 0.29) is 18.3 Å². The molecule has 2 aromatic carbocycles. The van der Waals surface area contributed by atoms with Crippen LogP contribution in [0.1, 0.15) is 12.5 Å². The Hall–Kier alpha value is -2.64. The molecular weight excluding hydrogens is 344 g/mol. The second-order valence-electron chi connectivity index (χ2n) is 6.94. The van der Waals surface area contributed by atoms with Crippen LogP contribution in [0.5, 0.6) is 0 Å². The van der Waals surface area contributed by atoms with Crippen molar-refractivity contribution < 1.29 is 10.0 Å². The monoisotopic (exact) mass is 370 g/mol. The maximum atomic E-state index is 11.3. The predicted octanol–water partition coefficient (Wildman–Crippen LogP) is 2.71. The van der Waals surface area contributed by atoms with E-state index in [1.165, 1.54) is 11.8 Å². The van der Waals surface area contributed by atoms with E-state index in [1.807, 2.05) is 13.0 Å². The Morgan fingerprint density at radius 1 is 1.15 bits per heavy atom. The van der Waals surface area contributed by atoms with Gasteiger partial charge in [0.15, 0.2) is 0 Å². The van der Waals surface area contributed by atoms with Crippen LogP contribution < -0.4 is 10.2 Å². The topological polar surface area (TPSA) is 81.9 Å². The summed E-state index contributed by atoms with van der Waals surface area (Å²) in [6, 6.07) is 15.1. The van der Waals surface area contributed by atoms with E-state index in [2.05, 4.69) is 39.4 Å². The van der Waals surface area contributed by atoms with Gasteiger partial charge in [0.05, 0.1) is 11.5 Å². The van der Waals surface area contributed by atoms with Gasteiger partial charge in [0.2, 0.25) is 0 Å². The number of aliphatic hydroxyl groups is 1. The average Bonchev–Trinajstić information content (AvgIpc) is 2.69. The molecule has 2 aromatic rings. The largest absolute Gasteiger partial charge is 0.392 e. The quantitative estimate of drug-likeness (QED) is 0.576. The zero-order valence-electron chi connectivity index (χ0n) is 15.5. The Bertz CT molecular complexity index is 761. The normalized spacial score (nSPS) is 16.1. The number of anilines is 2. The second kappa shape index (κ2) is 8.83. The van der Waals surface area contributed by atoms with Crippen LogP contribution in [0.15, 0.2) is 48.5 Å². The molecular formula is C20H26N4O3. The Kier molecular flexibility index (Phi) is 6.26. The number of aliphatic hydroxyl groups excluding tert-OH is 1. The number of rotatable bonds is 7. The first-order chi connectivity index (χ1) is 13.1. The summed E-state index contributed by atoms with van der Waals surface area (Å²) < 4.78 is 0. The number of nitrogens with zero attached hydrogens (tertiary/aromatic N) is 3. The first-order valence-corrected chi connectivity index (χ1v) is 9.24. The van der Waals surface area contributed by atoms with Crippen LogP contribution in [0, 0.1) is 10.1 Å². The maximum Gasteiger partial charge on any atom is 0.292 e. The van der Waals surface area contributed by atoms with Crippen LogP contribution in [0.25, 0.3) is 0 Å². The standard InChI is InChI=1S/C20H26N4O3/c1-16(21-19-13-17(15-25)7-8-20(19)24(26)27)14-22-9-11-23(12-10-22)18-5-3-2-4-6-18/h2-8,13,16,21,25H,9-12,14-15H2,1H3.